The lowest BCUT2D eigenvalue weighted by Crippen LogP contribution is -3.12. The minimum atomic E-state index is -0.373. The molecule has 0 spiro atoms. The van der Waals surface area contributed by atoms with Crippen molar-refractivity contribution in [2.75, 3.05) is 47.4 Å². The van der Waals surface area contributed by atoms with Crippen molar-refractivity contribution in [1.29, 1.82) is 0 Å². The van der Waals surface area contributed by atoms with Crippen molar-refractivity contribution in [3.05, 3.63) is 51.8 Å². The molecule has 1 aliphatic heterocycles. The van der Waals surface area contributed by atoms with E-state index in [0.717, 1.165) is 18.0 Å². The number of hydrogen-bond donors (Lipinski definition) is 2. The van der Waals surface area contributed by atoms with E-state index < -0.39 is 0 Å². The van der Waals surface area contributed by atoms with Gasteiger partial charge in [0.2, 0.25) is 0 Å². The highest BCUT2D eigenvalue weighted by Gasteiger charge is 2.25. The van der Waals surface area contributed by atoms with Crippen LogP contribution in [0.3, 0.4) is 0 Å². The predicted octanol–water partition coefficient (Wildman–Crippen LogP) is 0.893. The summed E-state index contributed by atoms with van der Waals surface area (Å²) in [7, 11) is 5.17. The molecule has 2 N–H and O–H groups in total. The number of rotatable bonds is 6. The SMILES string of the molecule is COc1ccc(C(=O)N/C(=C/c2cccs2)C(=O)N2CC[NH+](C)CC2)cc1OC. The monoisotopic (exact) mass is 416 g/mol. The molecule has 1 aliphatic rings. The smallest absolute Gasteiger partial charge is 0.270 e. The molecule has 3 rings (SSSR count). The Morgan fingerprint density at radius 2 is 1.86 bits per heavy atom. The first-order valence-electron chi connectivity index (χ1n) is 9.41. The minimum Gasteiger partial charge on any atom is -0.493 e. The van der Waals surface area contributed by atoms with Gasteiger partial charge in [0.25, 0.3) is 11.8 Å². The molecule has 0 atom stereocenters. The third-order valence-corrected chi connectivity index (χ3v) is 5.68. The fourth-order valence-electron chi connectivity index (χ4n) is 3.10. The van der Waals surface area contributed by atoms with Crippen LogP contribution < -0.4 is 19.7 Å². The third kappa shape index (κ3) is 5.16. The molecule has 2 amide bonds. The number of quaternary nitrogens is 1. The van der Waals surface area contributed by atoms with Crippen LogP contribution in [0.5, 0.6) is 11.5 Å². The van der Waals surface area contributed by atoms with Crippen LogP contribution in [0.2, 0.25) is 0 Å². The predicted molar refractivity (Wildman–Crippen MR) is 113 cm³/mol. The summed E-state index contributed by atoms with van der Waals surface area (Å²) in [5, 5.41) is 4.74. The standard InChI is InChI=1S/C21H25N3O4S/c1-23-8-10-24(11-9-23)21(26)17(14-16-5-4-12-29-16)22-20(25)15-6-7-18(27-2)19(13-15)28-3/h4-7,12-14H,8-11H2,1-3H3,(H,22,25)/p+1/b17-14+. The van der Waals surface area contributed by atoms with Gasteiger partial charge in [0.05, 0.1) is 47.4 Å². The molecule has 29 heavy (non-hydrogen) atoms. The molecular formula is C21H26N3O4S+. The van der Waals surface area contributed by atoms with Crippen molar-refractivity contribution < 1.29 is 24.0 Å². The molecule has 1 fully saturated rings. The van der Waals surface area contributed by atoms with Gasteiger partial charge in [0, 0.05) is 10.4 Å². The highest BCUT2D eigenvalue weighted by atomic mass is 32.1. The number of methoxy groups -OCH3 is 2. The maximum absolute atomic E-state index is 13.1. The van der Waals surface area contributed by atoms with Crippen molar-refractivity contribution in [3.8, 4) is 11.5 Å². The Kier molecular flexibility index (Phi) is 6.90. The minimum absolute atomic E-state index is 0.167. The number of amides is 2. The summed E-state index contributed by atoms with van der Waals surface area (Å²) in [6, 6.07) is 8.73. The average molecular weight is 417 g/mol. The van der Waals surface area contributed by atoms with Gasteiger partial charge in [-0.1, -0.05) is 6.07 Å². The summed E-state index contributed by atoms with van der Waals surface area (Å²) in [5.74, 6) is 0.452. The summed E-state index contributed by atoms with van der Waals surface area (Å²) >= 11 is 1.51. The van der Waals surface area contributed by atoms with Gasteiger partial charge in [-0.3, -0.25) is 9.59 Å². The van der Waals surface area contributed by atoms with Crippen molar-refractivity contribution in [2.24, 2.45) is 0 Å². The lowest BCUT2D eigenvalue weighted by atomic mass is 10.1. The summed E-state index contributed by atoms with van der Waals surface area (Å²) in [4.78, 5) is 30.1. The largest absolute Gasteiger partial charge is 0.493 e. The van der Waals surface area contributed by atoms with Crippen LogP contribution in [0.15, 0.2) is 41.4 Å². The summed E-state index contributed by atoms with van der Waals surface area (Å²) in [5.41, 5.74) is 0.655. The zero-order valence-electron chi connectivity index (χ0n) is 16.9. The molecule has 0 saturated carbocycles. The molecule has 0 unspecified atom stereocenters. The Bertz CT molecular complexity index is 887. The second-order valence-corrected chi connectivity index (χ2v) is 7.83. The molecule has 154 valence electrons. The number of ether oxygens (including phenoxy) is 2. The Labute approximate surface area is 174 Å². The molecule has 1 saturated heterocycles. The maximum Gasteiger partial charge on any atom is 0.270 e. The van der Waals surface area contributed by atoms with Gasteiger partial charge in [-0.15, -0.1) is 11.3 Å². The number of thiophene rings is 1. The molecule has 7 nitrogen and oxygen atoms in total. The van der Waals surface area contributed by atoms with E-state index in [1.165, 1.54) is 30.5 Å². The van der Waals surface area contributed by atoms with Gasteiger partial charge in [-0.05, 0) is 35.7 Å². The lowest BCUT2D eigenvalue weighted by molar-refractivity contribution is -0.883. The van der Waals surface area contributed by atoms with Gasteiger partial charge < -0.3 is 24.6 Å². The van der Waals surface area contributed by atoms with Crippen molar-refractivity contribution in [2.45, 2.75) is 0 Å². The molecule has 1 aromatic carbocycles. The fourth-order valence-corrected chi connectivity index (χ4v) is 3.76. The molecule has 2 aromatic rings. The summed E-state index contributed by atoms with van der Waals surface area (Å²) in [6.45, 7) is 3.11. The van der Waals surface area contributed by atoms with Gasteiger partial charge in [-0.2, -0.15) is 0 Å². The third-order valence-electron chi connectivity index (χ3n) is 4.86. The van der Waals surface area contributed by atoms with Crippen LogP contribution >= 0.6 is 11.3 Å². The number of nitrogens with zero attached hydrogens (tertiary/aromatic N) is 1. The lowest BCUT2D eigenvalue weighted by Gasteiger charge is -2.30. The molecule has 1 aromatic heterocycles. The summed E-state index contributed by atoms with van der Waals surface area (Å²) < 4.78 is 10.5. The van der Waals surface area contributed by atoms with Crippen LogP contribution in [0.25, 0.3) is 6.08 Å². The molecule has 0 radical (unpaired) electrons. The maximum atomic E-state index is 13.1. The number of piperazine rings is 1. The first-order chi connectivity index (χ1) is 14.0. The molecule has 2 heterocycles. The van der Waals surface area contributed by atoms with Crippen molar-refractivity contribution in [1.82, 2.24) is 10.2 Å². The van der Waals surface area contributed by atoms with E-state index in [9.17, 15) is 9.59 Å². The van der Waals surface area contributed by atoms with E-state index in [1.54, 1.807) is 29.2 Å². The first kappa shape index (κ1) is 20.9. The first-order valence-corrected chi connectivity index (χ1v) is 10.3. The van der Waals surface area contributed by atoms with E-state index >= 15 is 0 Å². The van der Waals surface area contributed by atoms with Gasteiger partial charge in [0.15, 0.2) is 11.5 Å². The number of carbonyl (C=O) groups excluding carboxylic acids is 2. The Hall–Kier alpha value is -2.84. The quantitative estimate of drug-likeness (QED) is 0.687. The number of hydrogen-bond acceptors (Lipinski definition) is 5. The van der Waals surface area contributed by atoms with E-state index in [0.29, 0.717) is 30.2 Å². The van der Waals surface area contributed by atoms with Gasteiger partial charge in [-0.25, -0.2) is 0 Å². The van der Waals surface area contributed by atoms with E-state index in [4.69, 9.17) is 9.47 Å². The van der Waals surface area contributed by atoms with Crippen LogP contribution in [0.4, 0.5) is 0 Å². The van der Waals surface area contributed by atoms with Crippen LogP contribution in [0.1, 0.15) is 15.2 Å². The number of likely N-dealkylation sites (N-methyl/N-ethyl adjacent to an activating group) is 1. The topological polar surface area (TPSA) is 72.3 Å². The Balaban J connectivity index is 1.83. The van der Waals surface area contributed by atoms with Crippen molar-refractivity contribution >= 4 is 29.2 Å². The molecule has 0 aliphatic carbocycles. The number of benzene rings is 1. The van der Waals surface area contributed by atoms with E-state index in [-0.39, 0.29) is 17.5 Å². The normalized spacial score (nSPS) is 15.1. The van der Waals surface area contributed by atoms with Crippen molar-refractivity contribution in [3.63, 3.8) is 0 Å². The second-order valence-electron chi connectivity index (χ2n) is 6.85. The fraction of sp³-hybridized carbons (Fsp3) is 0.333. The molecule has 8 heteroatoms. The van der Waals surface area contributed by atoms with Crippen LogP contribution in [-0.2, 0) is 4.79 Å². The van der Waals surface area contributed by atoms with E-state index in [2.05, 4.69) is 12.4 Å². The average Bonchev–Trinajstić information content (AvgIpc) is 3.25. The van der Waals surface area contributed by atoms with Crippen LogP contribution in [-0.4, -0.2) is 64.2 Å². The molecule has 0 bridgehead atoms. The summed E-state index contributed by atoms with van der Waals surface area (Å²) in [6.07, 6.45) is 1.73. The number of carbonyl (C=O) groups is 2. The zero-order valence-corrected chi connectivity index (χ0v) is 17.7. The Morgan fingerprint density at radius 3 is 2.48 bits per heavy atom. The zero-order chi connectivity index (χ0) is 20.8. The molecular weight excluding hydrogens is 390 g/mol. The van der Waals surface area contributed by atoms with E-state index in [1.807, 2.05) is 17.5 Å². The van der Waals surface area contributed by atoms with Gasteiger partial charge >= 0.3 is 0 Å². The van der Waals surface area contributed by atoms with Gasteiger partial charge in [0.1, 0.15) is 5.70 Å². The Morgan fingerprint density at radius 1 is 1.14 bits per heavy atom. The number of nitrogens with one attached hydrogen (secondary N) is 2. The second kappa shape index (κ2) is 9.58. The highest BCUT2D eigenvalue weighted by molar-refractivity contribution is 7.10. The van der Waals surface area contributed by atoms with Crippen LogP contribution in [0, 0.1) is 0 Å². The highest BCUT2D eigenvalue weighted by Crippen LogP contribution is 2.27.